The van der Waals surface area contributed by atoms with Crippen LogP contribution in [0.25, 0.3) is 0 Å². The number of hydrogen-bond acceptors (Lipinski definition) is 5. The molecule has 1 amide bonds. The first-order valence-corrected chi connectivity index (χ1v) is 10.1. The van der Waals surface area contributed by atoms with Crippen molar-refractivity contribution in [1.82, 2.24) is 4.90 Å². The van der Waals surface area contributed by atoms with Gasteiger partial charge in [0.05, 0.1) is 0 Å². The normalized spacial score (nSPS) is 25.4. The van der Waals surface area contributed by atoms with Gasteiger partial charge >= 0.3 is 6.61 Å². The molecule has 0 bridgehead atoms. The van der Waals surface area contributed by atoms with Gasteiger partial charge in [-0.1, -0.05) is 36.4 Å². The van der Waals surface area contributed by atoms with Crippen molar-refractivity contribution >= 4 is 18.2 Å². The molecule has 2 aromatic carbocycles. The quantitative estimate of drug-likeness (QED) is 0.687. The first-order valence-electron chi connectivity index (χ1n) is 10.1. The summed E-state index contributed by atoms with van der Waals surface area (Å²) in [6, 6.07) is 13.6. The summed E-state index contributed by atoms with van der Waals surface area (Å²) < 4.78 is 29.5. The van der Waals surface area contributed by atoms with Crippen molar-refractivity contribution in [3.05, 3.63) is 65.2 Å². The van der Waals surface area contributed by atoms with Gasteiger partial charge in [0, 0.05) is 13.5 Å². The lowest BCUT2D eigenvalue weighted by atomic mass is 9.69. The molecule has 0 aromatic heterocycles. The van der Waals surface area contributed by atoms with Crippen LogP contribution in [0.15, 0.2) is 53.5 Å². The molecule has 1 aliphatic heterocycles. The monoisotopic (exact) mass is 427 g/mol. The van der Waals surface area contributed by atoms with Crippen molar-refractivity contribution in [2.24, 2.45) is 16.6 Å². The average molecular weight is 427 g/mol. The van der Waals surface area contributed by atoms with E-state index in [1.807, 2.05) is 24.3 Å². The van der Waals surface area contributed by atoms with Gasteiger partial charge < -0.3 is 15.3 Å². The van der Waals surface area contributed by atoms with Crippen LogP contribution in [0.4, 0.5) is 8.78 Å². The van der Waals surface area contributed by atoms with Crippen LogP contribution in [0.5, 0.6) is 5.75 Å². The lowest BCUT2D eigenvalue weighted by Gasteiger charge is -2.35. The SMILES string of the molecule is CN1C(=O)C(c2ccc(OC(F)F)cc2)(c2cccc(C3CC(CC=O)C3)c2)N=C1N. The minimum atomic E-state index is -2.94. The second-order valence-corrected chi connectivity index (χ2v) is 8.01. The maximum Gasteiger partial charge on any atom is 0.387 e. The fourth-order valence-electron chi connectivity index (χ4n) is 4.42. The Morgan fingerprint density at radius 1 is 1.23 bits per heavy atom. The summed E-state index contributed by atoms with van der Waals surface area (Å²) in [5, 5.41) is 0. The molecule has 0 saturated heterocycles. The zero-order valence-corrected chi connectivity index (χ0v) is 17.0. The van der Waals surface area contributed by atoms with E-state index in [1.165, 1.54) is 17.0 Å². The average Bonchev–Trinajstić information content (AvgIpc) is 2.95. The van der Waals surface area contributed by atoms with Crippen molar-refractivity contribution in [1.29, 1.82) is 0 Å². The van der Waals surface area contributed by atoms with E-state index in [0.717, 1.165) is 24.7 Å². The maximum atomic E-state index is 13.3. The van der Waals surface area contributed by atoms with Crippen molar-refractivity contribution in [3.63, 3.8) is 0 Å². The number of aliphatic imine (C=N–C) groups is 1. The van der Waals surface area contributed by atoms with E-state index in [4.69, 9.17) is 5.73 Å². The summed E-state index contributed by atoms with van der Waals surface area (Å²) >= 11 is 0. The fraction of sp³-hybridized carbons (Fsp3) is 0.348. The lowest BCUT2D eigenvalue weighted by molar-refractivity contribution is -0.129. The number of ether oxygens (including phenoxy) is 1. The molecule has 8 heteroatoms. The standard InChI is InChI=1S/C23H23F2N3O3/c1-28-20(30)23(27-22(28)26,17-5-7-19(8-6-17)31-21(24)25)18-4-2-3-15(13-18)16-11-14(12-16)9-10-29/h2-8,10,13-14,16,21H,9,11-12H2,1H3,(H2,26,27). The summed E-state index contributed by atoms with van der Waals surface area (Å²) in [7, 11) is 1.55. The molecule has 1 atom stereocenters. The molecule has 2 N–H and O–H groups in total. The Bertz CT molecular complexity index is 1020. The van der Waals surface area contributed by atoms with Crippen molar-refractivity contribution < 1.29 is 23.1 Å². The van der Waals surface area contributed by atoms with E-state index >= 15 is 0 Å². The van der Waals surface area contributed by atoms with Crippen LogP contribution in [0, 0.1) is 5.92 Å². The van der Waals surface area contributed by atoms with Crippen LogP contribution in [0.2, 0.25) is 0 Å². The number of nitrogens with two attached hydrogens (primary N) is 1. The fourth-order valence-corrected chi connectivity index (χ4v) is 4.42. The van der Waals surface area contributed by atoms with Crippen LogP contribution in [0.3, 0.4) is 0 Å². The molecule has 0 radical (unpaired) electrons. The predicted octanol–water partition coefficient (Wildman–Crippen LogP) is 3.40. The van der Waals surface area contributed by atoms with Gasteiger partial charge in [-0.15, -0.1) is 0 Å². The third kappa shape index (κ3) is 3.66. The third-order valence-electron chi connectivity index (χ3n) is 6.18. The third-order valence-corrected chi connectivity index (χ3v) is 6.18. The van der Waals surface area contributed by atoms with Gasteiger partial charge in [-0.2, -0.15) is 8.78 Å². The number of carbonyl (C=O) groups is 2. The summed E-state index contributed by atoms with van der Waals surface area (Å²) in [6.07, 6.45) is 3.37. The second kappa shape index (κ2) is 8.09. The van der Waals surface area contributed by atoms with E-state index in [0.29, 0.717) is 29.4 Å². The summed E-state index contributed by atoms with van der Waals surface area (Å²) in [5.74, 6) is 0.471. The number of nitrogens with zero attached hydrogens (tertiary/aromatic N) is 2. The minimum Gasteiger partial charge on any atom is -0.435 e. The smallest absolute Gasteiger partial charge is 0.387 e. The molecule has 1 saturated carbocycles. The van der Waals surface area contributed by atoms with Crippen LogP contribution in [-0.4, -0.2) is 36.7 Å². The van der Waals surface area contributed by atoms with Crippen molar-refractivity contribution in [2.75, 3.05) is 7.05 Å². The molecule has 31 heavy (non-hydrogen) atoms. The van der Waals surface area contributed by atoms with Gasteiger partial charge in [0.1, 0.15) is 12.0 Å². The number of likely N-dealkylation sites (N-methyl/N-ethyl adjacent to an activating group) is 1. The number of benzene rings is 2. The molecule has 1 aliphatic carbocycles. The zero-order chi connectivity index (χ0) is 22.2. The molecule has 2 aromatic rings. The Balaban J connectivity index is 1.73. The van der Waals surface area contributed by atoms with E-state index in [2.05, 4.69) is 9.73 Å². The highest BCUT2D eigenvalue weighted by Crippen LogP contribution is 2.45. The van der Waals surface area contributed by atoms with Crippen LogP contribution < -0.4 is 10.5 Å². The Morgan fingerprint density at radius 3 is 2.52 bits per heavy atom. The number of guanidine groups is 1. The summed E-state index contributed by atoms with van der Waals surface area (Å²) in [6.45, 7) is -2.94. The van der Waals surface area contributed by atoms with Gasteiger partial charge in [-0.3, -0.25) is 9.69 Å². The number of hydrogen-bond donors (Lipinski definition) is 1. The summed E-state index contributed by atoms with van der Waals surface area (Å²) in [5.41, 5.74) is 6.84. The minimum absolute atomic E-state index is 0.00547. The molecule has 1 unspecified atom stereocenters. The highest BCUT2D eigenvalue weighted by Gasteiger charge is 2.49. The number of carbonyl (C=O) groups excluding carboxylic acids is 2. The van der Waals surface area contributed by atoms with Crippen LogP contribution >= 0.6 is 0 Å². The van der Waals surface area contributed by atoms with Gasteiger partial charge in [0.25, 0.3) is 5.91 Å². The Labute approximate surface area is 178 Å². The molecule has 2 aliphatic rings. The highest BCUT2D eigenvalue weighted by atomic mass is 19.3. The number of amides is 1. The van der Waals surface area contributed by atoms with E-state index in [-0.39, 0.29) is 17.6 Å². The highest BCUT2D eigenvalue weighted by molar-refractivity contribution is 6.08. The topological polar surface area (TPSA) is 85.0 Å². The molecular weight excluding hydrogens is 404 g/mol. The number of rotatable bonds is 7. The van der Waals surface area contributed by atoms with E-state index < -0.39 is 12.2 Å². The van der Waals surface area contributed by atoms with E-state index in [1.54, 1.807) is 19.2 Å². The number of alkyl halides is 2. The van der Waals surface area contributed by atoms with Crippen LogP contribution in [-0.2, 0) is 15.1 Å². The molecular formula is C23H23F2N3O3. The first kappa shape index (κ1) is 21.0. The van der Waals surface area contributed by atoms with Gasteiger partial charge in [-0.05, 0) is 53.5 Å². The van der Waals surface area contributed by atoms with Crippen LogP contribution in [0.1, 0.15) is 41.9 Å². The van der Waals surface area contributed by atoms with Gasteiger partial charge in [-0.25, -0.2) is 4.99 Å². The van der Waals surface area contributed by atoms with Crippen molar-refractivity contribution in [2.45, 2.75) is 37.3 Å². The molecule has 1 heterocycles. The Kier molecular flexibility index (Phi) is 5.47. The first-order chi connectivity index (χ1) is 14.8. The Hall–Kier alpha value is -3.29. The second-order valence-electron chi connectivity index (χ2n) is 8.01. The predicted molar refractivity (Wildman–Crippen MR) is 111 cm³/mol. The Morgan fingerprint density at radius 2 is 1.94 bits per heavy atom. The lowest BCUT2D eigenvalue weighted by Crippen LogP contribution is -2.41. The molecule has 0 spiro atoms. The van der Waals surface area contributed by atoms with Gasteiger partial charge in [0.15, 0.2) is 11.5 Å². The molecule has 6 nitrogen and oxygen atoms in total. The van der Waals surface area contributed by atoms with Gasteiger partial charge in [0.2, 0.25) is 0 Å². The molecule has 1 fully saturated rings. The molecule has 162 valence electrons. The zero-order valence-electron chi connectivity index (χ0n) is 17.0. The van der Waals surface area contributed by atoms with Crippen molar-refractivity contribution in [3.8, 4) is 5.75 Å². The number of aldehydes is 1. The maximum absolute atomic E-state index is 13.3. The summed E-state index contributed by atoms with van der Waals surface area (Å²) in [4.78, 5) is 29.9. The van der Waals surface area contributed by atoms with E-state index in [9.17, 15) is 18.4 Å². The number of halogens is 2. The molecule has 4 rings (SSSR count). The largest absolute Gasteiger partial charge is 0.435 e.